The van der Waals surface area contributed by atoms with Crippen LogP contribution in [0.1, 0.15) is 34.0 Å². The van der Waals surface area contributed by atoms with E-state index in [-0.39, 0.29) is 18.9 Å². The molecule has 1 amide bonds. The van der Waals surface area contributed by atoms with Crippen LogP contribution in [0.2, 0.25) is 0 Å². The number of alkyl carbamates (subject to hydrolysis) is 1. The normalized spacial score (nSPS) is 12.9. The molecule has 1 heterocycles. The Labute approximate surface area is 220 Å². The molecule has 1 aliphatic rings. The van der Waals surface area contributed by atoms with Crippen molar-refractivity contribution >= 4 is 12.1 Å². The van der Waals surface area contributed by atoms with Crippen LogP contribution in [0, 0.1) is 6.92 Å². The van der Waals surface area contributed by atoms with Crippen LogP contribution in [0.15, 0.2) is 79.1 Å². The van der Waals surface area contributed by atoms with Crippen LogP contribution in [-0.4, -0.2) is 46.5 Å². The quantitative estimate of drug-likeness (QED) is 0.335. The molecule has 3 aromatic carbocycles. The number of nitrogens with zero attached hydrogens (tertiary/aromatic N) is 2. The van der Waals surface area contributed by atoms with Gasteiger partial charge in [0.2, 0.25) is 0 Å². The minimum atomic E-state index is -1.15. The van der Waals surface area contributed by atoms with Crippen molar-refractivity contribution in [3.63, 3.8) is 0 Å². The third kappa shape index (κ3) is 5.11. The van der Waals surface area contributed by atoms with Gasteiger partial charge < -0.3 is 24.5 Å². The summed E-state index contributed by atoms with van der Waals surface area (Å²) in [5.41, 5.74) is 6.08. The zero-order valence-electron chi connectivity index (χ0n) is 21.3. The first kappa shape index (κ1) is 25.1. The zero-order valence-corrected chi connectivity index (χ0v) is 21.3. The average Bonchev–Trinajstić information content (AvgIpc) is 3.47. The Kier molecular flexibility index (Phi) is 7.13. The van der Waals surface area contributed by atoms with Gasteiger partial charge >= 0.3 is 12.1 Å². The molecule has 1 aromatic heterocycles. The molecule has 1 atom stereocenters. The van der Waals surface area contributed by atoms with Gasteiger partial charge in [-0.1, -0.05) is 60.7 Å². The lowest BCUT2D eigenvalue weighted by molar-refractivity contribution is -0.139. The molecule has 0 bridgehead atoms. The Morgan fingerprint density at radius 3 is 2.34 bits per heavy atom. The molecule has 0 radical (unpaired) electrons. The first-order valence-electron chi connectivity index (χ1n) is 12.4. The van der Waals surface area contributed by atoms with Crippen molar-refractivity contribution < 1.29 is 24.2 Å². The maximum atomic E-state index is 12.7. The van der Waals surface area contributed by atoms with Crippen molar-refractivity contribution in [3.8, 4) is 16.9 Å². The van der Waals surface area contributed by atoms with E-state index in [1.807, 2.05) is 66.2 Å². The number of carbonyl (C=O) groups is 2. The van der Waals surface area contributed by atoms with Crippen LogP contribution in [-0.2, 0) is 22.5 Å². The number of aliphatic carboxylic acids is 1. The van der Waals surface area contributed by atoms with Crippen LogP contribution in [0.3, 0.4) is 0 Å². The highest BCUT2D eigenvalue weighted by atomic mass is 16.5. The van der Waals surface area contributed by atoms with E-state index in [0.29, 0.717) is 12.3 Å². The Balaban J connectivity index is 1.26. The Bertz CT molecular complexity index is 1430. The number of carboxylic acids is 1. The predicted octanol–water partition coefficient (Wildman–Crippen LogP) is 4.78. The fourth-order valence-electron chi connectivity index (χ4n) is 5.05. The van der Waals surface area contributed by atoms with Crippen molar-refractivity contribution in [3.05, 3.63) is 107 Å². The molecule has 8 nitrogen and oxygen atoms in total. The molecule has 1 aliphatic carbocycles. The minimum Gasteiger partial charge on any atom is -0.496 e. The smallest absolute Gasteiger partial charge is 0.407 e. The standard InChI is InChI=1S/C30H29N3O5/c1-19-31-13-14-33(19)17-21-15-20(11-12-28(21)37-2)16-27(29(34)35)32-30(36)38-18-26-24-9-5-3-7-22(24)23-8-4-6-10-25(23)26/h3-15,26-27H,16-18H2,1-2H3,(H,32,36)(H,34,35). The second-order valence-electron chi connectivity index (χ2n) is 9.31. The van der Waals surface area contributed by atoms with E-state index in [2.05, 4.69) is 22.4 Å². The molecule has 0 fully saturated rings. The molecule has 0 saturated carbocycles. The second kappa shape index (κ2) is 10.8. The number of amides is 1. The molecule has 8 heteroatoms. The molecular weight excluding hydrogens is 482 g/mol. The lowest BCUT2D eigenvalue weighted by Crippen LogP contribution is -2.42. The molecule has 0 spiro atoms. The number of aromatic nitrogens is 2. The lowest BCUT2D eigenvalue weighted by Gasteiger charge is -2.18. The van der Waals surface area contributed by atoms with Gasteiger partial charge in [0.05, 0.1) is 13.7 Å². The Morgan fingerprint density at radius 2 is 1.74 bits per heavy atom. The SMILES string of the molecule is COc1ccc(CC(NC(=O)OCC2c3ccccc3-c3ccccc32)C(=O)O)cc1Cn1ccnc1C. The van der Waals surface area contributed by atoms with E-state index in [0.717, 1.165) is 39.2 Å². The summed E-state index contributed by atoms with van der Waals surface area (Å²) in [4.78, 5) is 29.0. The molecule has 38 heavy (non-hydrogen) atoms. The molecule has 4 aromatic rings. The van der Waals surface area contributed by atoms with Crippen LogP contribution in [0.4, 0.5) is 4.79 Å². The predicted molar refractivity (Wildman–Crippen MR) is 142 cm³/mol. The number of carboxylic acid groups (broad SMARTS) is 1. The summed E-state index contributed by atoms with van der Waals surface area (Å²) < 4.78 is 13.0. The van der Waals surface area contributed by atoms with Gasteiger partial charge in [0.25, 0.3) is 0 Å². The van der Waals surface area contributed by atoms with Crippen LogP contribution >= 0.6 is 0 Å². The van der Waals surface area contributed by atoms with Gasteiger partial charge in [-0.25, -0.2) is 14.6 Å². The summed E-state index contributed by atoms with van der Waals surface area (Å²) in [6, 6.07) is 20.5. The molecule has 0 aliphatic heterocycles. The highest BCUT2D eigenvalue weighted by Crippen LogP contribution is 2.44. The third-order valence-electron chi connectivity index (χ3n) is 6.98. The maximum absolute atomic E-state index is 12.7. The number of imidazole rings is 1. The monoisotopic (exact) mass is 511 g/mol. The van der Waals surface area contributed by atoms with E-state index < -0.39 is 18.1 Å². The Morgan fingerprint density at radius 1 is 1.05 bits per heavy atom. The van der Waals surface area contributed by atoms with Crippen LogP contribution in [0.25, 0.3) is 11.1 Å². The van der Waals surface area contributed by atoms with Crippen molar-refractivity contribution in [2.24, 2.45) is 0 Å². The molecular formula is C30H29N3O5. The fourth-order valence-corrected chi connectivity index (χ4v) is 5.05. The van der Waals surface area contributed by atoms with E-state index in [1.165, 1.54) is 0 Å². The van der Waals surface area contributed by atoms with Crippen LogP contribution in [0.5, 0.6) is 5.75 Å². The van der Waals surface area contributed by atoms with E-state index >= 15 is 0 Å². The molecule has 1 unspecified atom stereocenters. The number of ether oxygens (including phenoxy) is 2. The average molecular weight is 512 g/mol. The van der Waals surface area contributed by atoms with E-state index in [9.17, 15) is 14.7 Å². The number of aryl methyl sites for hydroxylation is 1. The van der Waals surface area contributed by atoms with E-state index in [1.54, 1.807) is 19.4 Å². The third-order valence-corrected chi connectivity index (χ3v) is 6.98. The van der Waals surface area contributed by atoms with Gasteiger partial charge in [0.1, 0.15) is 24.2 Å². The van der Waals surface area contributed by atoms with Gasteiger partial charge in [-0.05, 0) is 40.8 Å². The number of benzene rings is 3. The fraction of sp³-hybridized carbons (Fsp3) is 0.233. The van der Waals surface area contributed by atoms with E-state index in [4.69, 9.17) is 9.47 Å². The molecule has 194 valence electrons. The molecule has 2 N–H and O–H groups in total. The maximum Gasteiger partial charge on any atom is 0.407 e. The lowest BCUT2D eigenvalue weighted by atomic mass is 9.98. The highest BCUT2D eigenvalue weighted by molar-refractivity contribution is 5.81. The summed E-state index contributed by atoms with van der Waals surface area (Å²) in [5, 5.41) is 12.4. The number of carbonyl (C=O) groups excluding carboxylic acids is 1. The van der Waals surface area contributed by atoms with Crippen molar-refractivity contribution in [2.45, 2.75) is 31.8 Å². The first-order valence-corrected chi connectivity index (χ1v) is 12.4. The van der Waals surface area contributed by atoms with Crippen molar-refractivity contribution in [1.82, 2.24) is 14.9 Å². The Hall–Kier alpha value is -4.59. The van der Waals surface area contributed by atoms with Crippen molar-refractivity contribution in [1.29, 1.82) is 0 Å². The van der Waals surface area contributed by atoms with Gasteiger partial charge in [-0.15, -0.1) is 0 Å². The number of hydrogen-bond acceptors (Lipinski definition) is 5. The summed E-state index contributed by atoms with van der Waals surface area (Å²) in [6.45, 7) is 2.55. The summed E-state index contributed by atoms with van der Waals surface area (Å²) in [7, 11) is 1.60. The topological polar surface area (TPSA) is 103 Å². The minimum absolute atomic E-state index is 0.0967. The first-order chi connectivity index (χ1) is 18.4. The van der Waals surface area contributed by atoms with Crippen LogP contribution < -0.4 is 10.1 Å². The summed E-state index contributed by atoms with van der Waals surface area (Å²) >= 11 is 0. The number of rotatable bonds is 9. The van der Waals surface area contributed by atoms with Gasteiger partial charge in [-0.2, -0.15) is 0 Å². The van der Waals surface area contributed by atoms with Gasteiger partial charge in [0, 0.05) is 30.3 Å². The van der Waals surface area contributed by atoms with Crippen molar-refractivity contribution in [2.75, 3.05) is 13.7 Å². The van der Waals surface area contributed by atoms with Gasteiger partial charge in [-0.3, -0.25) is 0 Å². The zero-order chi connectivity index (χ0) is 26.6. The number of nitrogens with one attached hydrogen (secondary N) is 1. The summed E-state index contributed by atoms with van der Waals surface area (Å²) in [6.07, 6.45) is 2.94. The largest absolute Gasteiger partial charge is 0.496 e. The molecule has 5 rings (SSSR count). The number of hydrogen-bond donors (Lipinski definition) is 2. The van der Waals surface area contributed by atoms with Gasteiger partial charge in [0.15, 0.2) is 0 Å². The molecule has 0 saturated heterocycles. The number of fused-ring (bicyclic) bond motifs is 3. The highest BCUT2D eigenvalue weighted by Gasteiger charge is 2.30. The second-order valence-corrected chi connectivity index (χ2v) is 9.31. The summed E-state index contributed by atoms with van der Waals surface area (Å²) in [5.74, 6) is 0.310. The number of methoxy groups -OCH3 is 1.